The average Bonchev–Trinajstić information content (AvgIpc) is 2.92. The zero-order valence-corrected chi connectivity index (χ0v) is 22.7. The topological polar surface area (TPSA) is 39.7 Å². The van der Waals surface area contributed by atoms with E-state index in [4.69, 9.17) is 14.2 Å². The molecule has 1 aliphatic heterocycles. The third-order valence-corrected chi connectivity index (χ3v) is 7.22. The number of fused-ring (bicyclic) bond motifs is 1. The van der Waals surface area contributed by atoms with Gasteiger partial charge in [0.1, 0.15) is 23.6 Å². The van der Waals surface area contributed by atoms with Gasteiger partial charge < -0.3 is 19.5 Å². The summed E-state index contributed by atoms with van der Waals surface area (Å²) in [4.78, 5) is 0. The Hall–Kier alpha value is -3.60. The molecule has 38 heavy (non-hydrogen) atoms. The van der Waals surface area contributed by atoms with Crippen LogP contribution in [0.25, 0.3) is 0 Å². The molecule has 0 saturated heterocycles. The third kappa shape index (κ3) is 6.09. The van der Waals surface area contributed by atoms with Gasteiger partial charge in [0.05, 0.1) is 13.2 Å². The van der Waals surface area contributed by atoms with Crippen LogP contribution in [0.5, 0.6) is 5.75 Å². The van der Waals surface area contributed by atoms with Crippen molar-refractivity contribution in [1.29, 1.82) is 0 Å². The molecule has 2 unspecified atom stereocenters. The van der Waals surface area contributed by atoms with Gasteiger partial charge in [0, 0.05) is 17.8 Å². The van der Waals surface area contributed by atoms with Gasteiger partial charge >= 0.3 is 0 Å². The number of nitrogens with one attached hydrogen (secondary N) is 1. The summed E-state index contributed by atoms with van der Waals surface area (Å²) in [5.41, 5.74) is 7.51. The van der Waals surface area contributed by atoms with E-state index in [1.807, 2.05) is 24.3 Å². The maximum atomic E-state index is 6.66. The molecule has 2 atom stereocenters. The van der Waals surface area contributed by atoms with Gasteiger partial charge in [-0.05, 0) is 68.1 Å². The quantitative estimate of drug-likeness (QED) is 0.250. The average molecular weight is 508 g/mol. The highest BCUT2D eigenvalue weighted by atomic mass is 16.6. The fraction of sp³-hybridized carbons (Fsp3) is 0.294. The number of hydrogen-bond donors (Lipinski definition) is 1. The molecule has 4 aromatic rings. The first-order chi connectivity index (χ1) is 18.4. The van der Waals surface area contributed by atoms with E-state index in [0.29, 0.717) is 13.2 Å². The highest BCUT2D eigenvalue weighted by Crippen LogP contribution is 2.45. The van der Waals surface area contributed by atoms with E-state index >= 15 is 0 Å². The van der Waals surface area contributed by atoms with Crippen molar-refractivity contribution < 1.29 is 14.2 Å². The maximum Gasteiger partial charge on any atom is 0.132 e. The number of benzene rings is 4. The smallest absolute Gasteiger partial charge is 0.132 e. The van der Waals surface area contributed by atoms with Gasteiger partial charge in [0.25, 0.3) is 0 Å². The normalized spacial score (nSPS) is 17.9. The lowest BCUT2D eigenvalue weighted by Gasteiger charge is -2.44. The fourth-order valence-corrected chi connectivity index (χ4v) is 4.94. The second-order valence-electron chi connectivity index (χ2n) is 10.7. The predicted octanol–water partition coefficient (Wildman–Crippen LogP) is 7.93. The molecule has 1 aliphatic rings. The van der Waals surface area contributed by atoms with Crippen LogP contribution in [0.15, 0.2) is 97.1 Å². The molecule has 0 amide bonds. The van der Waals surface area contributed by atoms with E-state index in [1.54, 1.807) is 0 Å². The van der Waals surface area contributed by atoms with Crippen LogP contribution in [0, 0.1) is 13.8 Å². The van der Waals surface area contributed by atoms with Crippen LogP contribution in [0.1, 0.15) is 53.3 Å². The summed E-state index contributed by atoms with van der Waals surface area (Å²) in [7, 11) is 0. The van der Waals surface area contributed by atoms with Crippen LogP contribution >= 0.6 is 0 Å². The summed E-state index contributed by atoms with van der Waals surface area (Å²) in [6.07, 6.45) is -0.591. The summed E-state index contributed by atoms with van der Waals surface area (Å²) in [6.45, 7) is 10.1. The lowest BCUT2D eigenvalue weighted by atomic mass is 9.87. The van der Waals surface area contributed by atoms with E-state index in [0.717, 1.165) is 34.7 Å². The summed E-state index contributed by atoms with van der Waals surface area (Å²) in [6, 6.07) is 33.5. The van der Waals surface area contributed by atoms with Gasteiger partial charge in [0.15, 0.2) is 0 Å². The zero-order chi connectivity index (χ0) is 26.5. The monoisotopic (exact) mass is 507 g/mol. The van der Waals surface area contributed by atoms with Crippen LogP contribution in [0.3, 0.4) is 0 Å². The van der Waals surface area contributed by atoms with E-state index in [1.165, 1.54) is 16.7 Å². The Kier molecular flexibility index (Phi) is 7.82. The molecule has 0 fully saturated rings. The fourth-order valence-electron chi connectivity index (χ4n) is 4.94. The first-order valence-corrected chi connectivity index (χ1v) is 13.3. The number of anilines is 1. The number of ether oxygens (including phenoxy) is 3. The van der Waals surface area contributed by atoms with Crippen LogP contribution in [0.4, 0.5) is 5.69 Å². The van der Waals surface area contributed by atoms with Crippen molar-refractivity contribution in [2.75, 3.05) is 5.32 Å². The molecule has 4 heteroatoms. The van der Waals surface area contributed by atoms with E-state index in [9.17, 15) is 0 Å². The molecule has 196 valence electrons. The Morgan fingerprint density at radius 2 is 1.45 bits per heavy atom. The largest absolute Gasteiger partial charge is 0.485 e. The van der Waals surface area contributed by atoms with Gasteiger partial charge in [-0.25, -0.2) is 0 Å². The molecule has 5 rings (SSSR count). The minimum Gasteiger partial charge on any atom is -0.485 e. The highest BCUT2D eigenvalue weighted by molar-refractivity contribution is 5.54. The summed E-state index contributed by atoms with van der Waals surface area (Å²) in [5, 5.41) is 3.59. The molecule has 0 bridgehead atoms. The van der Waals surface area contributed by atoms with Gasteiger partial charge in [-0.2, -0.15) is 0 Å². The molecule has 0 radical (unpaired) electrons. The maximum absolute atomic E-state index is 6.66. The summed E-state index contributed by atoms with van der Waals surface area (Å²) in [5.74, 6) is 0.838. The number of hydrogen-bond acceptors (Lipinski definition) is 4. The summed E-state index contributed by atoms with van der Waals surface area (Å²) >= 11 is 0. The number of aryl methyl sites for hydroxylation is 2. The van der Waals surface area contributed by atoms with E-state index in [2.05, 4.69) is 106 Å². The van der Waals surface area contributed by atoms with Gasteiger partial charge in [-0.3, -0.25) is 0 Å². The van der Waals surface area contributed by atoms with Gasteiger partial charge in [-0.1, -0.05) is 84.4 Å². The molecule has 0 saturated carbocycles. The Morgan fingerprint density at radius 1 is 0.763 bits per heavy atom. The van der Waals surface area contributed by atoms with Crippen molar-refractivity contribution in [3.05, 3.63) is 130 Å². The zero-order valence-electron chi connectivity index (χ0n) is 22.7. The molecule has 0 spiro atoms. The SMILES string of the molecule is Cc1ccc(COC2C(OCc3ccccc3)c3cc(NCc4ccccc4C)ccc3OC2(C)C)cc1. The van der Waals surface area contributed by atoms with Crippen LogP contribution in [-0.2, 0) is 29.2 Å². The van der Waals surface area contributed by atoms with E-state index in [-0.39, 0.29) is 12.2 Å². The lowest BCUT2D eigenvalue weighted by molar-refractivity contribution is -0.170. The van der Waals surface area contributed by atoms with Crippen molar-refractivity contribution in [3.8, 4) is 5.75 Å². The second kappa shape index (κ2) is 11.4. The van der Waals surface area contributed by atoms with Crippen molar-refractivity contribution in [2.45, 2.75) is 65.3 Å². The van der Waals surface area contributed by atoms with Gasteiger partial charge in [0.2, 0.25) is 0 Å². The van der Waals surface area contributed by atoms with Gasteiger partial charge in [-0.15, -0.1) is 0 Å². The standard InChI is InChI=1S/C34H37NO3/c1-24-14-16-27(17-15-24)23-37-33-32(36-22-26-11-6-5-7-12-26)30-20-29(18-19-31(30)38-34(33,3)4)35-21-28-13-9-8-10-25(28)2/h5-20,32-33,35H,21-23H2,1-4H3. The molecule has 1 N–H and O–H groups in total. The van der Waals surface area contributed by atoms with Crippen LogP contribution in [0.2, 0.25) is 0 Å². The number of rotatable bonds is 9. The Balaban J connectivity index is 1.42. The van der Waals surface area contributed by atoms with Crippen LogP contribution in [-0.4, -0.2) is 11.7 Å². The summed E-state index contributed by atoms with van der Waals surface area (Å²) < 4.78 is 19.8. The van der Waals surface area contributed by atoms with Crippen molar-refractivity contribution >= 4 is 5.69 Å². The lowest BCUT2D eigenvalue weighted by Crippen LogP contribution is -2.50. The van der Waals surface area contributed by atoms with Crippen molar-refractivity contribution in [2.24, 2.45) is 0 Å². The predicted molar refractivity (Wildman–Crippen MR) is 153 cm³/mol. The first kappa shape index (κ1) is 26.0. The Bertz CT molecular complexity index is 1350. The first-order valence-electron chi connectivity index (χ1n) is 13.3. The second-order valence-corrected chi connectivity index (χ2v) is 10.7. The Labute approximate surface area is 226 Å². The molecule has 4 aromatic carbocycles. The van der Waals surface area contributed by atoms with Crippen molar-refractivity contribution in [3.63, 3.8) is 0 Å². The molecule has 4 nitrogen and oxygen atoms in total. The molecule has 1 heterocycles. The molecular formula is C34H37NO3. The van der Waals surface area contributed by atoms with E-state index < -0.39 is 5.60 Å². The third-order valence-electron chi connectivity index (χ3n) is 7.22. The van der Waals surface area contributed by atoms with Crippen molar-refractivity contribution in [1.82, 2.24) is 0 Å². The molecular weight excluding hydrogens is 470 g/mol. The minimum atomic E-state index is -0.574. The highest BCUT2D eigenvalue weighted by Gasteiger charge is 2.45. The Morgan fingerprint density at radius 3 is 2.21 bits per heavy atom. The van der Waals surface area contributed by atoms with Crippen LogP contribution < -0.4 is 10.1 Å². The molecule has 0 aliphatic carbocycles. The minimum absolute atomic E-state index is 0.292. The molecule has 0 aromatic heterocycles.